The van der Waals surface area contributed by atoms with Crippen molar-refractivity contribution in [1.29, 1.82) is 0 Å². The molecule has 4 aromatic rings. The number of amides is 1. The Morgan fingerprint density at radius 3 is 2.29 bits per heavy atom. The second-order valence-corrected chi connectivity index (χ2v) is 9.51. The van der Waals surface area contributed by atoms with Gasteiger partial charge in [-0.15, -0.1) is 5.10 Å². The van der Waals surface area contributed by atoms with Gasteiger partial charge in [-0.05, 0) is 79.7 Å². The van der Waals surface area contributed by atoms with Crippen molar-refractivity contribution in [3.8, 4) is 11.6 Å². The summed E-state index contributed by atoms with van der Waals surface area (Å²) in [5, 5.41) is 6.39. The van der Waals surface area contributed by atoms with Crippen molar-refractivity contribution in [2.24, 2.45) is 0 Å². The molecule has 0 saturated heterocycles. The van der Waals surface area contributed by atoms with Crippen molar-refractivity contribution in [2.75, 3.05) is 38.3 Å². The largest absolute Gasteiger partial charge is 0.497 e. The summed E-state index contributed by atoms with van der Waals surface area (Å²) in [4.78, 5) is 16.8. The van der Waals surface area contributed by atoms with Crippen molar-refractivity contribution in [1.82, 2.24) is 14.7 Å². The van der Waals surface area contributed by atoms with Crippen LogP contribution in [0.5, 0.6) is 11.6 Å². The van der Waals surface area contributed by atoms with Gasteiger partial charge < -0.3 is 14.4 Å². The molecule has 0 radical (unpaired) electrons. The summed E-state index contributed by atoms with van der Waals surface area (Å²) in [6, 6.07) is 21.1. The molecule has 8 heteroatoms. The lowest BCUT2D eigenvalue weighted by Crippen LogP contribution is -2.25. The standard InChI is InChI=1S/C30H35ClN4O3/c1-5-33(6-2)18-7-19-38-30-28-20-26(35(22(3)36)25-12-15-27(37-4)16-13-25)14-17-29(28)34(32-30)21-23-8-10-24(31)11-9-23/h8-17,20H,5-7,18-19,21H2,1-4H3. The number of rotatable bonds is 12. The second-order valence-electron chi connectivity index (χ2n) is 9.07. The maximum atomic E-state index is 12.8. The smallest absolute Gasteiger partial charge is 0.240 e. The van der Waals surface area contributed by atoms with Crippen LogP contribution in [0.15, 0.2) is 66.7 Å². The number of aromatic nitrogens is 2. The minimum absolute atomic E-state index is 0.0928. The average molecular weight is 535 g/mol. The molecule has 0 unspecified atom stereocenters. The molecule has 0 spiro atoms. The second kappa shape index (κ2) is 12.8. The van der Waals surface area contributed by atoms with Crippen molar-refractivity contribution in [3.63, 3.8) is 0 Å². The third-order valence-electron chi connectivity index (χ3n) is 6.60. The zero-order valence-electron chi connectivity index (χ0n) is 22.5. The van der Waals surface area contributed by atoms with Gasteiger partial charge in [0.15, 0.2) is 0 Å². The van der Waals surface area contributed by atoms with Gasteiger partial charge in [0.1, 0.15) is 5.75 Å². The van der Waals surface area contributed by atoms with Gasteiger partial charge in [-0.2, -0.15) is 0 Å². The minimum Gasteiger partial charge on any atom is -0.497 e. The van der Waals surface area contributed by atoms with Crippen molar-refractivity contribution in [2.45, 2.75) is 33.7 Å². The summed E-state index contributed by atoms with van der Waals surface area (Å²) in [7, 11) is 1.62. The number of nitrogens with zero attached hydrogens (tertiary/aromatic N) is 4. The van der Waals surface area contributed by atoms with E-state index in [1.807, 2.05) is 71.4 Å². The van der Waals surface area contributed by atoms with E-state index in [2.05, 4.69) is 18.7 Å². The van der Waals surface area contributed by atoms with Gasteiger partial charge in [0.2, 0.25) is 11.8 Å². The van der Waals surface area contributed by atoms with E-state index in [-0.39, 0.29) is 5.91 Å². The molecule has 4 rings (SSSR count). The molecular formula is C30H35ClN4O3. The quantitative estimate of drug-likeness (QED) is 0.193. The predicted octanol–water partition coefficient (Wildman–Crippen LogP) is 6.54. The maximum absolute atomic E-state index is 12.8. The molecule has 0 bridgehead atoms. The van der Waals surface area contributed by atoms with E-state index in [1.54, 1.807) is 18.9 Å². The molecule has 0 saturated carbocycles. The number of carbonyl (C=O) groups is 1. The summed E-state index contributed by atoms with van der Waals surface area (Å²) >= 11 is 6.08. The SMILES string of the molecule is CCN(CC)CCCOc1nn(Cc2ccc(Cl)cc2)c2ccc(N(C(C)=O)c3ccc(OC)cc3)cc12. The van der Waals surface area contributed by atoms with Crippen LogP contribution < -0.4 is 14.4 Å². The number of carbonyl (C=O) groups excluding carboxylic acids is 1. The van der Waals surface area contributed by atoms with Crippen LogP contribution >= 0.6 is 11.6 Å². The number of benzene rings is 3. The molecule has 200 valence electrons. The Kier molecular flexibility index (Phi) is 9.26. The lowest BCUT2D eigenvalue weighted by molar-refractivity contribution is -0.115. The van der Waals surface area contributed by atoms with Gasteiger partial charge in [0, 0.05) is 29.9 Å². The normalized spacial score (nSPS) is 11.2. The van der Waals surface area contributed by atoms with E-state index in [0.29, 0.717) is 24.1 Å². The van der Waals surface area contributed by atoms with Gasteiger partial charge in [0.05, 0.1) is 31.2 Å². The number of halogens is 1. The highest BCUT2D eigenvalue weighted by atomic mass is 35.5. The number of ether oxygens (including phenoxy) is 2. The third kappa shape index (κ3) is 6.47. The van der Waals surface area contributed by atoms with Crippen LogP contribution in [0.3, 0.4) is 0 Å². The molecule has 0 aliphatic rings. The van der Waals surface area contributed by atoms with E-state index < -0.39 is 0 Å². The molecule has 0 N–H and O–H groups in total. The molecule has 0 fully saturated rings. The molecule has 1 aromatic heterocycles. The molecule has 38 heavy (non-hydrogen) atoms. The van der Waals surface area contributed by atoms with E-state index >= 15 is 0 Å². The van der Waals surface area contributed by atoms with E-state index in [0.717, 1.165) is 59.6 Å². The first-order valence-corrected chi connectivity index (χ1v) is 13.4. The predicted molar refractivity (Wildman–Crippen MR) is 154 cm³/mol. The fourth-order valence-corrected chi connectivity index (χ4v) is 4.63. The van der Waals surface area contributed by atoms with Crippen LogP contribution in [0.4, 0.5) is 11.4 Å². The average Bonchev–Trinajstić information content (AvgIpc) is 3.26. The highest BCUT2D eigenvalue weighted by Crippen LogP contribution is 2.34. The van der Waals surface area contributed by atoms with E-state index in [9.17, 15) is 4.79 Å². The molecule has 0 atom stereocenters. The molecule has 0 aliphatic heterocycles. The molecule has 1 heterocycles. The van der Waals surface area contributed by atoms with Gasteiger partial charge in [-0.25, -0.2) is 0 Å². The van der Waals surface area contributed by atoms with Crippen LogP contribution in [0, 0.1) is 0 Å². The monoisotopic (exact) mass is 534 g/mol. The Hall–Kier alpha value is -3.55. The Bertz CT molecular complexity index is 1350. The molecule has 7 nitrogen and oxygen atoms in total. The molecule has 3 aromatic carbocycles. The lowest BCUT2D eigenvalue weighted by atomic mass is 10.1. The Morgan fingerprint density at radius 2 is 1.66 bits per heavy atom. The fourth-order valence-electron chi connectivity index (χ4n) is 4.51. The highest BCUT2D eigenvalue weighted by Gasteiger charge is 2.19. The molecular weight excluding hydrogens is 500 g/mol. The van der Waals surface area contributed by atoms with Crippen LogP contribution in [-0.2, 0) is 11.3 Å². The van der Waals surface area contributed by atoms with Crippen LogP contribution in [0.1, 0.15) is 32.8 Å². The third-order valence-corrected chi connectivity index (χ3v) is 6.85. The van der Waals surface area contributed by atoms with Crippen molar-refractivity contribution >= 4 is 39.8 Å². The van der Waals surface area contributed by atoms with Crippen LogP contribution in [0.25, 0.3) is 10.9 Å². The number of hydrogen-bond acceptors (Lipinski definition) is 5. The number of hydrogen-bond donors (Lipinski definition) is 0. The summed E-state index contributed by atoms with van der Waals surface area (Å²) in [6.45, 7) is 10.0. The van der Waals surface area contributed by atoms with Gasteiger partial charge in [0.25, 0.3) is 0 Å². The van der Waals surface area contributed by atoms with Gasteiger partial charge in [-0.1, -0.05) is 37.6 Å². The number of methoxy groups -OCH3 is 1. The van der Waals surface area contributed by atoms with Crippen LogP contribution in [0.2, 0.25) is 5.02 Å². The lowest BCUT2D eigenvalue weighted by Gasteiger charge is -2.22. The summed E-state index contributed by atoms with van der Waals surface area (Å²) < 4.78 is 13.4. The first-order valence-electron chi connectivity index (χ1n) is 13.0. The summed E-state index contributed by atoms with van der Waals surface area (Å²) in [5.74, 6) is 1.20. The highest BCUT2D eigenvalue weighted by molar-refractivity contribution is 6.30. The van der Waals surface area contributed by atoms with E-state index in [4.69, 9.17) is 26.2 Å². The van der Waals surface area contributed by atoms with E-state index in [1.165, 1.54) is 0 Å². The first-order chi connectivity index (χ1) is 18.4. The van der Waals surface area contributed by atoms with Crippen molar-refractivity contribution in [3.05, 3.63) is 77.3 Å². The van der Waals surface area contributed by atoms with Gasteiger partial charge >= 0.3 is 0 Å². The zero-order valence-corrected chi connectivity index (χ0v) is 23.2. The Labute approximate surface area is 229 Å². The topological polar surface area (TPSA) is 59.8 Å². The Balaban J connectivity index is 1.68. The minimum atomic E-state index is -0.0928. The molecule has 1 amide bonds. The zero-order chi connectivity index (χ0) is 27.1. The van der Waals surface area contributed by atoms with Crippen LogP contribution in [-0.4, -0.2) is 53.9 Å². The fraction of sp³-hybridized carbons (Fsp3) is 0.333. The maximum Gasteiger partial charge on any atom is 0.240 e. The molecule has 0 aliphatic carbocycles. The van der Waals surface area contributed by atoms with Gasteiger partial charge in [-0.3, -0.25) is 14.4 Å². The summed E-state index contributed by atoms with van der Waals surface area (Å²) in [6.07, 6.45) is 0.901. The summed E-state index contributed by atoms with van der Waals surface area (Å²) in [5.41, 5.74) is 3.52. The van der Waals surface area contributed by atoms with Crippen molar-refractivity contribution < 1.29 is 14.3 Å². The Morgan fingerprint density at radius 1 is 0.974 bits per heavy atom. The number of fused-ring (bicyclic) bond motifs is 1. The first kappa shape index (κ1) is 27.5. The number of anilines is 2.